The molecule has 1 heterocycles. The monoisotopic (exact) mass is 408 g/mol. The van der Waals surface area contributed by atoms with Crippen molar-refractivity contribution in [3.8, 4) is 0 Å². The molecule has 5 heteroatoms. The zero-order valence-electron chi connectivity index (χ0n) is 6.69. The number of hydrogen-bond acceptors (Lipinski definition) is 1. The van der Waals surface area contributed by atoms with Gasteiger partial charge in [0.2, 0.25) is 0 Å². The maximum atomic E-state index is 6.15. The first-order chi connectivity index (χ1) is 4.47. The fourth-order valence-electron chi connectivity index (χ4n) is 0.462. The Hall–Kier alpha value is 2.12. The standard InChI is InChI=1S/C5H14I2OS2/c1-6-9(2,3)8-10(4)5-7-10/h5H2,1-4H3/q-2. The van der Waals surface area contributed by atoms with E-state index in [1.54, 1.807) is 0 Å². The van der Waals surface area contributed by atoms with Crippen molar-refractivity contribution in [2.24, 2.45) is 0 Å². The van der Waals surface area contributed by atoms with Crippen molar-refractivity contribution in [3.05, 3.63) is 0 Å². The number of hydrogen-bond donors (Lipinski definition) is 0. The van der Waals surface area contributed by atoms with Crippen LogP contribution < -0.4 is 39.6 Å². The van der Waals surface area contributed by atoms with Crippen LogP contribution in [0.1, 0.15) is 0 Å². The van der Waals surface area contributed by atoms with Crippen LogP contribution in [0.4, 0.5) is 0 Å². The third-order valence-corrected chi connectivity index (χ3v) is 21.2. The Kier molecular flexibility index (Phi) is 3.54. The van der Waals surface area contributed by atoms with E-state index < -0.39 is 7.48 Å². The van der Waals surface area contributed by atoms with Crippen molar-refractivity contribution in [1.82, 2.24) is 0 Å². The first-order valence-corrected chi connectivity index (χ1v) is 16.1. The fourth-order valence-corrected chi connectivity index (χ4v) is 19.3. The van der Waals surface area contributed by atoms with Gasteiger partial charge in [0.15, 0.2) is 0 Å². The maximum absolute atomic E-state index is 6.15. The van der Waals surface area contributed by atoms with E-state index in [4.69, 9.17) is 3.63 Å². The molecule has 0 aromatic heterocycles. The molecule has 1 nitrogen and oxygen atoms in total. The molecule has 0 aromatic rings. The molecule has 68 valence electrons. The Morgan fingerprint density at radius 1 is 1.60 bits per heavy atom. The first kappa shape index (κ1) is 10.2. The molecule has 10 heavy (non-hydrogen) atoms. The van der Waals surface area contributed by atoms with Gasteiger partial charge >= 0.3 is 85.7 Å². The summed E-state index contributed by atoms with van der Waals surface area (Å²) in [7, 11) is -0.910. The minimum absolute atomic E-state index is 0.335. The van der Waals surface area contributed by atoms with Crippen LogP contribution in [0.15, 0.2) is 0 Å². The van der Waals surface area contributed by atoms with E-state index in [0.29, 0.717) is 39.6 Å². The van der Waals surface area contributed by atoms with Crippen molar-refractivity contribution in [2.75, 3.05) is 27.5 Å². The second-order valence-corrected chi connectivity index (χ2v) is 26.1. The Morgan fingerprint density at radius 3 is 2.40 bits per heavy atom. The van der Waals surface area contributed by atoms with Crippen LogP contribution in [0.2, 0.25) is 0 Å². The molecule has 1 unspecified atom stereocenters. The third kappa shape index (κ3) is 3.24. The van der Waals surface area contributed by atoms with E-state index in [1.807, 2.05) is 0 Å². The van der Waals surface area contributed by atoms with Crippen molar-refractivity contribution in [1.29, 1.82) is 0 Å². The first-order valence-electron chi connectivity index (χ1n) is 2.80. The zero-order chi connectivity index (χ0) is 7.83. The van der Waals surface area contributed by atoms with Crippen LogP contribution in [0.25, 0.3) is 0 Å². The van der Waals surface area contributed by atoms with E-state index in [2.05, 4.69) is 23.7 Å². The molecule has 0 aliphatic carbocycles. The average molecular weight is 408 g/mol. The van der Waals surface area contributed by atoms with E-state index in [1.165, 1.54) is 3.76 Å². The van der Waals surface area contributed by atoms with Gasteiger partial charge in [0.05, 0.1) is 0 Å². The van der Waals surface area contributed by atoms with Gasteiger partial charge in [-0.15, -0.1) is 0 Å². The molecule has 1 saturated heterocycles. The second kappa shape index (κ2) is 3.47. The van der Waals surface area contributed by atoms with E-state index in [0.717, 1.165) is 0 Å². The van der Waals surface area contributed by atoms with Crippen LogP contribution in [0.5, 0.6) is 0 Å². The van der Waals surface area contributed by atoms with Crippen LogP contribution in [-0.4, -0.2) is 27.5 Å². The van der Waals surface area contributed by atoms with Gasteiger partial charge in [-0.25, -0.2) is 0 Å². The molecule has 0 radical (unpaired) electrons. The van der Waals surface area contributed by atoms with Gasteiger partial charge in [0.1, 0.15) is 0 Å². The summed E-state index contributed by atoms with van der Waals surface area (Å²) >= 11 is 0.853. The van der Waals surface area contributed by atoms with Crippen molar-refractivity contribution in [3.63, 3.8) is 0 Å². The van der Waals surface area contributed by atoms with Crippen LogP contribution in [0.3, 0.4) is 0 Å². The zero-order valence-corrected chi connectivity index (χ0v) is 12.6. The van der Waals surface area contributed by atoms with Gasteiger partial charge < -0.3 is 0 Å². The Bertz CT molecular complexity index is 136. The second-order valence-electron chi connectivity index (χ2n) is 2.45. The molecule has 1 aliphatic rings. The van der Waals surface area contributed by atoms with Crippen LogP contribution in [-0.2, 0) is 3.63 Å². The molecule has 1 fully saturated rings. The Labute approximate surface area is 84.5 Å². The van der Waals surface area contributed by atoms with Gasteiger partial charge in [0.25, 0.3) is 0 Å². The van der Waals surface area contributed by atoms with Crippen molar-refractivity contribution in [2.45, 2.75) is 0 Å². The van der Waals surface area contributed by atoms with Gasteiger partial charge in [-0.3, -0.25) is 0 Å². The van der Waals surface area contributed by atoms with Crippen molar-refractivity contribution >= 4 is 15.0 Å². The molecule has 0 amide bonds. The Morgan fingerprint density at radius 2 is 2.10 bits per heavy atom. The minimum atomic E-state index is -0.540. The summed E-state index contributed by atoms with van der Waals surface area (Å²) < 4.78 is 7.63. The normalized spacial score (nSPS) is 41.6. The molecule has 0 spiro atoms. The quantitative estimate of drug-likeness (QED) is 0.263. The third-order valence-electron chi connectivity index (χ3n) is 1.09. The van der Waals surface area contributed by atoms with Crippen LogP contribution in [0, 0.1) is 0 Å². The molecule has 0 saturated carbocycles. The van der Waals surface area contributed by atoms with Gasteiger partial charge in [-0.2, -0.15) is 0 Å². The van der Waals surface area contributed by atoms with Crippen LogP contribution >= 0.6 is 15.0 Å². The van der Waals surface area contributed by atoms with E-state index in [-0.39, 0.29) is 7.48 Å². The molecular formula is C5H14I2OS2-2. The number of halogens is 2. The van der Waals surface area contributed by atoms with Gasteiger partial charge in [0, 0.05) is 0 Å². The summed E-state index contributed by atoms with van der Waals surface area (Å²) in [5, 5.41) is 0. The molecule has 0 N–H and O–H groups in total. The average Bonchev–Trinajstić information content (AvgIpc) is 2.47. The van der Waals surface area contributed by atoms with Gasteiger partial charge in [-0.1, -0.05) is 0 Å². The summed E-state index contributed by atoms with van der Waals surface area (Å²) in [6, 6.07) is 0. The molecule has 0 aromatic carbocycles. The number of rotatable bonds is 3. The predicted molar refractivity (Wildman–Crippen MR) is 44.8 cm³/mol. The number of alkyl halides is 2. The summed E-state index contributed by atoms with van der Waals surface area (Å²) in [5.41, 5.74) is 0. The molecular weight excluding hydrogens is 394 g/mol. The molecule has 1 rings (SSSR count). The Balaban J connectivity index is 2.36. The van der Waals surface area contributed by atoms with E-state index in [9.17, 15) is 0 Å². The van der Waals surface area contributed by atoms with Gasteiger partial charge in [-0.05, 0) is 0 Å². The topological polar surface area (TPSA) is 9.23 Å². The molecule has 1 aliphatic heterocycles. The van der Waals surface area contributed by atoms with Crippen molar-refractivity contribution < 1.29 is 43.3 Å². The molecule has 0 bridgehead atoms. The predicted octanol–water partition coefficient (Wildman–Crippen LogP) is -4.06. The molecule has 1 atom stereocenters. The summed E-state index contributed by atoms with van der Waals surface area (Å²) in [4.78, 5) is 2.34. The summed E-state index contributed by atoms with van der Waals surface area (Å²) in [6.45, 7) is 0. The summed E-state index contributed by atoms with van der Waals surface area (Å²) in [5.74, 6) is 0. The van der Waals surface area contributed by atoms with E-state index >= 15 is 0 Å². The fraction of sp³-hybridized carbons (Fsp3) is 1.00. The summed E-state index contributed by atoms with van der Waals surface area (Å²) in [6.07, 6.45) is 7.04. The SMILES string of the molecule is C[I-]S(C)(C)OS1(C)C[I-]1.